The Bertz CT molecular complexity index is 592. The molecule has 7 heteroatoms. The van der Waals surface area contributed by atoms with Crippen molar-refractivity contribution in [3.63, 3.8) is 0 Å². The minimum Gasteiger partial charge on any atom is -0.397 e. The third kappa shape index (κ3) is 4.10. The monoisotopic (exact) mass is 331 g/mol. The highest BCUT2D eigenvalue weighted by molar-refractivity contribution is 7.89. The van der Waals surface area contributed by atoms with Gasteiger partial charge in [0.2, 0.25) is 10.0 Å². The van der Waals surface area contributed by atoms with Gasteiger partial charge in [-0.3, -0.25) is 4.90 Å². The average molecular weight is 332 g/mol. The molecule has 1 saturated carbocycles. The first kappa shape index (κ1) is 16.5. The molecular weight excluding hydrogens is 310 g/mol. The Labute approximate surface area is 131 Å². The van der Waals surface area contributed by atoms with Crippen LogP contribution >= 0.6 is 11.6 Å². The Morgan fingerprint density at radius 1 is 1.43 bits per heavy atom. The number of benzene rings is 1. The number of halogens is 1. The molecule has 1 aromatic carbocycles. The maximum absolute atomic E-state index is 12.3. The van der Waals surface area contributed by atoms with E-state index >= 15 is 0 Å². The van der Waals surface area contributed by atoms with Gasteiger partial charge >= 0.3 is 0 Å². The van der Waals surface area contributed by atoms with Crippen molar-refractivity contribution >= 4 is 27.3 Å². The number of likely N-dealkylation sites (N-methyl/N-ethyl adjacent to an activating group) is 1. The minimum absolute atomic E-state index is 0.163. The minimum atomic E-state index is -3.55. The van der Waals surface area contributed by atoms with Crippen LogP contribution < -0.4 is 10.5 Å². The van der Waals surface area contributed by atoms with Gasteiger partial charge in [-0.15, -0.1) is 0 Å². The lowest BCUT2D eigenvalue weighted by Crippen LogP contribution is -2.36. The third-order valence-corrected chi connectivity index (χ3v) is 5.68. The van der Waals surface area contributed by atoms with E-state index in [1.165, 1.54) is 18.9 Å². The summed E-state index contributed by atoms with van der Waals surface area (Å²) >= 11 is 5.96. The average Bonchev–Trinajstić information content (AvgIpc) is 3.24. The summed E-state index contributed by atoms with van der Waals surface area (Å²) in [6.45, 7) is 5.90. The van der Waals surface area contributed by atoms with Crippen LogP contribution in [0.25, 0.3) is 0 Å². The molecule has 0 atom stereocenters. The van der Waals surface area contributed by atoms with Crippen molar-refractivity contribution in [2.75, 3.05) is 25.4 Å². The Hall–Kier alpha value is -0.820. The Morgan fingerprint density at radius 3 is 2.62 bits per heavy atom. The largest absolute Gasteiger partial charge is 0.397 e. The standard InChI is InChI=1S/C14H22ClN3O2S/c1-3-18(11-4-5-11)7-6-17-21(19,20)12-8-10(2)14(15)13(16)9-12/h8-9,11,17H,3-7,16H2,1-2H3. The highest BCUT2D eigenvalue weighted by atomic mass is 35.5. The Kier molecular flexibility index (Phi) is 5.14. The number of hydrogen-bond acceptors (Lipinski definition) is 4. The van der Waals surface area contributed by atoms with E-state index in [4.69, 9.17) is 17.3 Å². The fourth-order valence-corrected chi connectivity index (χ4v) is 3.61. The molecule has 0 bridgehead atoms. The number of aryl methyl sites for hydroxylation is 1. The summed E-state index contributed by atoms with van der Waals surface area (Å²) in [4.78, 5) is 2.46. The number of rotatable bonds is 7. The van der Waals surface area contributed by atoms with E-state index in [1.807, 2.05) is 0 Å². The van der Waals surface area contributed by atoms with E-state index in [1.54, 1.807) is 13.0 Å². The van der Waals surface area contributed by atoms with E-state index in [-0.39, 0.29) is 10.6 Å². The first-order valence-corrected chi connectivity index (χ1v) is 9.00. The fourth-order valence-electron chi connectivity index (χ4n) is 2.36. The number of nitrogens with one attached hydrogen (secondary N) is 1. The molecule has 118 valence electrons. The smallest absolute Gasteiger partial charge is 0.240 e. The lowest BCUT2D eigenvalue weighted by atomic mass is 10.2. The molecule has 0 aliphatic heterocycles. The van der Waals surface area contributed by atoms with Crippen LogP contribution in [-0.2, 0) is 10.0 Å². The molecule has 0 spiro atoms. The van der Waals surface area contributed by atoms with Crippen molar-refractivity contribution in [1.82, 2.24) is 9.62 Å². The van der Waals surface area contributed by atoms with Crippen molar-refractivity contribution in [2.45, 2.75) is 37.6 Å². The van der Waals surface area contributed by atoms with Gasteiger partial charge in [-0.1, -0.05) is 18.5 Å². The first-order chi connectivity index (χ1) is 9.85. The zero-order chi connectivity index (χ0) is 15.6. The van der Waals surface area contributed by atoms with Gasteiger partial charge in [0.15, 0.2) is 0 Å². The molecule has 0 amide bonds. The SMILES string of the molecule is CCN(CCNS(=O)(=O)c1cc(C)c(Cl)c(N)c1)C1CC1. The van der Waals surface area contributed by atoms with Crippen LogP contribution in [0.3, 0.4) is 0 Å². The summed E-state index contributed by atoms with van der Waals surface area (Å²) in [5, 5.41) is 0.403. The van der Waals surface area contributed by atoms with Crippen molar-refractivity contribution in [3.05, 3.63) is 22.7 Å². The molecular formula is C14H22ClN3O2S. The molecule has 1 aliphatic rings. The quantitative estimate of drug-likeness (QED) is 0.749. The van der Waals surface area contributed by atoms with Gasteiger partial charge in [0.1, 0.15) is 0 Å². The fraction of sp³-hybridized carbons (Fsp3) is 0.571. The summed E-state index contributed by atoms with van der Waals surface area (Å²) in [6, 6.07) is 3.57. The van der Waals surface area contributed by atoms with Crippen LogP contribution in [0, 0.1) is 6.92 Å². The van der Waals surface area contributed by atoms with Gasteiger partial charge in [0.05, 0.1) is 15.6 Å². The van der Waals surface area contributed by atoms with Gasteiger partial charge in [-0.05, 0) is 44.0 Å². The summed E-state index contributed by atoms with van der Waals surface area (Å²) < 4.78 is 27.2. The number of anilines is 1. The summed E-state index contributed by atoms with van der Waals surface area (Å²) in [5.74, 6) is 0. The van der Waals surface area contributed by atoms with Gasteiger partial charge in [-0.25, -0.2) is 13.1 Å². The molecule has 1 aromatic rings. The molecule has 2 rings (SSSR count). The third-order valence-electron chi connectivity index (χ3n) is 3.73. The zero-order valence-corrected chi connectivity index (χ0v) is 14.0. The normalized spacial score (nSPS) is 15.6. The molecule has 0 radical (unpaired) electrons. The highest BCUT2D eigenvalue weighted by Crippen LogP contribution is 2.27. The van der Waals surface area contributed by atoms with E-state index < -0.39 is 10.0 Å². The summed E-state index contributed by atoms with van der Waals surface area (Å²) in [7, 11) is -3.55. The van der Waals surface area contributed by atoms with Gasteiger partial charge in [-0.2, -0.15) is 0 Å². The lowest BCUT2D eigenvalue weighted by Gasteiger charge is -2.19. The molecule has 1 aliphatic carbocycles. The molecule has 3 N–H and O–H groups in total. The number of hydrogen-bond donors (Lipinski definition) is 2. The van der Waals surface area contributed by atoms with Crippen LogP contribution in [0.15, 0.2) is 17.0 Å². The van der Waals surface area contributed by atoms with Gasteiger partial charge in [0, 0.05) is 19.1 Å². The van der Waals surface area contributed by atoms with Crippen LogP contribution in [0.5, 0.6) is 0 Å². The molecule has 0 saturated heterocycles. The van der Waals surface area contributed by atoms with E-state index in [2.05, 4.69) is 16.5 Å². The predicted molar refractivity (Wildman–Crippen MR) is 86.1 cm³/mol. The van der Waals surface area contributed by atoms with Crippen molar-refractivity contribution < 1.29 is 8.42 Å². The maximum Gasteiger partial charge on any atom is 0.240 e. The molecule has 0 aromatic heterocycles. The van der Waals surface area contributed by atoms with E-state index in [0.717, 1.165) is 13.1 Å². The second-order valence-corrected chi connectivity index (χ2v) is 7.55. The van der Waals surface area contributed by atoms with Crippen molar-refractivity contribution in [1.29, 1.82) is 0 Å². The predicted octanol–water partition coefficient (Wildman–Crippen LogP) is 1.99. The summed E-state index contributed by atoms with van der Waals surface area (Å²) in [5.41, 5.74) is 6.67. The maximum atomic E-state index is 12.3. The molecule has 0 unspecified atom stereocenters. The Balaban J connectivity index is 2.01. The van der Waals surface area contributed by atoms with Gasteiger partial charge in [0.25, 0.3) is 0 Å². The zero-order valence-electron chi connectivity index (χ0n) is 12.4. The lowest BCUT2D eigenvalue weighted by molar-refractivity contribution is 0.282. The molecule has 21 heavy (non-hydrogen) atoms. The molecule has 0 heterocycles. The molecule has 5 nitrogen and oxygen atoms in total. The number of nitrogen functional groups attached to an aromatic ring is 1. The topological polar surface area (TPSA) is 75.4 Å². The number of nitrogens with two attached hydrogens (primary N) is 1. The number of nitrogens with zero attached hydrogens (tertiary/aromatic N) is 1. The Morgan fingerprint density at radius 2 is 2.10 bits per heavy atom. The van der Waals surface area contributed by atoms with Crippen LogP contribution in [0.2, 0.25) is 5.02 Å². The second-order valence-electron chi connectivity index (χ2n) is 5.40. The van der Waals surface area contributed by atoms with Gasteiger partial charge < -0.3 is 5.73 Å². The van der Waals surface area contributed by atoms with Crippen LogP contribution in [0.4, 0.5) is 5.69 Å². The van der Waals surface area contributed by atoms with Crippen LogP contribution in [-0.4, -0.2) is 39.0 Å². The highest BCUT2D eigenvalue weighted by Gasteiger charge is 2.27. The van der Waals surface area contributed by atoms with Crippen LogP contribution in [0.1, 0.15) is 25.3 Å². The second kappa shape index (κ2) is 6.52. The summed E-state index contributed by atoms with van der Waals surface area (Å²) in [6.07, 6.45) is 2.43. The van der Waals surface area contributed by atoms with Crippen molar-refractivity contribution in [2.24, 2.45) is 0 Å². The first-order valence-electron chi connectivity index (χ1n) is 7.14. The number of sulfonamides is 1. The molecule has 1 fully saturated rings. The van der Waals surface area contributed by atoms with E-state index in [0.29, 0.717) is 23.2 Å². The van der Waals surface area contributed by atoms with Crippen molar-refractivity contribution in [3.8, 4) is 0 Å². The van der Waals surface area contributed by atoms with E-state index in [9.17, 15) is 8.42 Å².